The molecule has 1 atom stereocenters. The van der Waals surface area contributed by atoms with E-state index in [0.717, 1.165) is 0 Å². The topological polar surface area (TPSA) is 63.6 Å². The second-order valence-electron chi connectivity index (χ2n) is 5.49. The minimum atomic E-state index is -1.24. The Bertz CT molecular complexity index is 873. The monoisotopic (exact) mass is 332 g/mol. The van der Waals surface area contributed by atoms with Crippen molar-refractivity contribution in [3.63, 3.8) is 0 Å². The summed E-state index contributed by atoms with van der Waals surface area (Å²) in [7, 11) is 0. The van der Waals surface area contributed by atoms with Crippen molar-refractivity contribution in [1.29, 1.82) is 0 Å². The number of ketones is 1. The summed E-state index contributed by atoms with van der Waals surface area (Å²) in [5.74, 6) is -1.77. The van der Waals surface area contributed by atoms with Crippen molar-refractivity contribution in [2.75, 3.05) is 0 Å². The number of benzene rings is 3. The summed E-state index contributed by atoms with van der Waals surface area (Å²) in [4.78, 5) is 24.4. The quantitative estimate of drug-likeness (QED) is 0.532. The molecule has 25 heavy (non-hydrogen) atoms. The summed E-state index contributed by atoms with van der Waals surface area (Å²) in [6, 6.07) is 24.2. The van der Waals surface area contributed by atoms with Gasteiger partial charge >= 0.3 is 5.97 Å². The molecule has 0 aliphatic rings. The SMILES string of the molecule is O=C(O)C(C(=O)c1cccc(Oc2ccccc2)c1)c1ccccc1. The standard InChI is InChI=1S/C21H16O4/c22-20(19(21(23)24)15-8-3-1-4-9-15)16-10-7-13-18(14-16)25-17-11-5-2-6-12-17/h1-14,19H,(H,23,24). The number of carbonyl (C=O) groups excluding carboxylic acids is 1. The van der Waals surface area contributed by atoms with Gasteiger partial charge in [-0.05, 0) is 29.8 Å². The van der Waals surface area contributed by atoms with Crippen LogP contribution in [-0.4, -0.2) is 16.9 Å². The summed E-state index contributed by atoms with van der Waals surface area (Å²) in [5, 5.41) is 9.51. The third kappa shape index (κ3) is 3.93. The van der Waals surface area contributed by atoms with E-state index >= 15 is 0 Å². The molecule has 1 unspecified atom stereocenters. The maximum Gasteiger partial charge on any atom is 0.318 e. The van der Waals surface area contributed by atoms with Gasteiger partial charge in [0.2, 0.25) is 0 Å². The molecule has 0 fully saturated rings. The van der Waals surface area contributed by atoms with Crippen LogP contribution in [0.25, 0.3) is 0 Å². The summed E-state index contributed by atoms with van der Waals surface area (Å²) in [6.45, 7) is 0. The zero-order valence-electron chi connectivity index (χ0n) is 13.3. The highest BCUT2D eigenvalue weighted by Gasteiger charge is 2.29. The lowest BCUT2D eigenvalue weighted by molar-refractivity contribution is -0.137. The highest BCUT2D eigenvalue weighted by Crippen LogP contribution is 2.26. The van der Waals surface area contributed by atoms with Gasteiger partial charge in [0.05, 0.1) is 0 Å². The fourth-order valence-electron chi connectivity index (χ4n) is 2.56. The first-order valence-corrected chi connectivity index (χ1v) is 7.80. The molecule has 0 amide bonds. The number of rotatable bonds is 6. The highest BCUT2D eigenvalue weighted by atomic mass is 16.5. The van der Waals surface area contributed by atoms with Crippen molar-refractivity contribution in [1.82, 2.24) is 0 Å². The normalized spacial score (nSPS) is 11.5. The van der Waals surface area contributed by atoms with Crippen molar-refractivity contribution in [2.24, 2.45) is 0 Å². The van der Waals surface area contributed by atoms with Crippen LogP contribution < -0.4 is 4.74 Å². The van der Waals surface area contributed by atoms with E-state index in [1.807, 2.05) is 18.2 Å². The maximum absolute atomic E-state index is 12.8. The Labute approximate surface area is 145 Å². The van der Waals surface area contributed by atoms with Crippen LogP contribution >= 0.6 is 0 Å². The van der Waals surface area contributed by atoms with E-state index in [4.69, 9.17) is 4.74 Å². The molecular formula is C21H16O4. The Morgan fingerprint density at radius 3 is 2.00 bits per heavy atom. The molecule has 4 heteroatoms. The largest absolute Gasteiger partial charge is 0.480 e. The molecule has 0 saturated carbocycles. The van der Waals surface area contributed by atoms with Gasteiger partial charge in [0.15, 0.2) is 5.78 Å². The third-order valence-corrected chi connectivity index (χ3v) is 3.74. The third-order valence-electron chi connectivity index (χ3n) is 3.74. The Kier molecular flexibility index (Phi) is 4.90. The molecule has 3 aromatic rings. The lowest BCUT2D eigenvalue weighted by Gasteiger charge is -2.13. The van der Waals surface area contributed by atoms with E-state index in [2.05, 4.69) is 0 Å². The van der Waals surface area contributed by atoms with E-state index in [9.17, 15) is 14.7 Å². The van der Waals surface area contributed by atoms with Gasteiger partial charge in [-0.3, -0.25) is 9.59 Å². The van der Waals surface area contributed by atoms with Crippen molar-refractivity contribution in [3.8, 4) is 11.5 Å². The Morgan fingerprint density at radius 1 is 0.760 bits per heavy atom. The van der Waals surface area contributed by atoms with Gasteiger partial charge in [0.25, 0.3) is 0 Å². The van der Waals surface area contributed by atoms with Gasteiger partial charge in [0, 0.05) is 5.56 Å². The van der Waals surface area contributed by atoms with E-state index in [-0.39, 0.29) is 0 Å². The Hall–Kier alpha value is -3.40. The number of carboxylic acid groups (broad SMARTS) is 1. The molecule has 0 heterocycles. The number of carbonyl (C=O) groups is 2. The zero-order chi connectivity index (χ0) is 17.6. The zero-order valence-corrected chi connectivity index (χ0v) is 13.3. The molecule has 4 nitrogen and oxygen atoms in total. The summed E-state index contributed by atoms with van der Waals surface area (Å²) < 4.78 is 5.72. The molecule has 0 aliphatic carbocycles. The number of aliphatic carboxylic acids is 1. The van der Waals surface area contributed by atoms with Crippen LogP contribution in [0.3, 0.4) is 0 Å². The molecule has 3 aromatic carbocycles. The van der Waals surface area contributed by atoms with E-state index in [1.54, 1.807) is 66.7 Å². The lowest BCUT2D eigenvalue weighted by Crippen LogP contribution is -2.21. The van der Waals surface area contributed by atoms with Gasteiger partial charge in [0.1, 0.15) is 17.4 Å². The Morgan fingerprint density at radius 2 is 1.36 bits per heavy atom. The van der Waals surface area contributed by atoms with Crippen LogP contribution in [0, 0.1) is 0 Å². The maximum atomic E-state index is 12.8. The van der Waals surface area contributed by atoms with Crippen LogP contribution in [0.4, 0.5) is 0 Å². The first-order chi connectivity index (χ1) is 12.1. The predicted octanol–water partition coefficient (Wildman–Crippen LogP) is 4.53. The fraction of sp³-hybridized carbons (Fsp3) is 0.0476. The summed E-state index contributed by atoms with van der Waals surface area (Å²) in [5.41, 5.74) is 0.749. The second kappa shape index (κ2) is 7.45. The van der Waals surface area contributed by atoms with Crippen molar-refractivity contribution >= 4 is 11.8 Å². The highest BCUT2D eigenvalue weighted by molar-refractivity contribution is 6.12. The number of Topliss-reactive ketones (excluding diaryl/α,β-unsaturated/α-hetero) is 1. The van der Waals surface area contributed by atoms with Crippen LogP contribution in [0.1, 0.15) is 21.8 Å². The molecule has 0 aromatic heterocycles. The van der Waals surface area contributed by atoms with Gasteiger partial charge in [-0.15, -0.1) is 0 Å². The molecule has 3 rings (SSSR count). The molecule has 1 N–H and O–H groups in total. The van der Waals surface area contributed by atoms with Crippen molar-refractivity contribution in [3.05, 3.63) is 96.1 Å². The van der Waals surface area contributed by atoms with Crippen molar-refractivity contribution in [2.45, 2.75) is 5.92 Å². The van der Waals surface area contributed by atoms with Gasteiger partial charge in [-0.2, -0.15) is 0 Å². The Balaban J connectivity index is 1.88. The van der Waals surface area contributed by atoms with E-state index in [1.165, 1.54) is 0 Å². The number of ether oxygens (including phenoxy) is 1. The minimum Gasteiger partial charge on any atom is -0.480 e. The molecule has 0 radical (unpaired) electrons. The molecule has 124 valence electrons. The van der Waals surface area contributed by atoms with Gasteiger partial charge < -0.3 is 9.84 Å². The van der Waals surface area contributed by atoms with E-state index in [0.29, 0.717) is 22.6 Å². The second-order valence-corrected chi connectivity index (χ2v) is 5.49. The molecular weight excluding hydrogens is 316 g/mol. The average Bonchev–Trinajstić information content (AvgIpc) is 2.63. The number of hydrogen-bond donors (Lipinski definition) is 1. The van der Waals surface area contributed by atoms with Crippen LogP contribution in [0.5, 0.6) is 11.5 Å². The first kappa shape index (κ1) is 16.5. The smallest absolute Gasteiger partial charge is 0.318 e. The number of carboxylic acids is 1. The molecule has 0 spiro atoms. The van der Waals surface area contributed by atoms with Gasteiger partial charge in [-0.25, -0.2) is 0 Å². The van der Waals surface area contributed by atoms with Crippen LogP contribution in [0.15, 0.2) is 84.9 Å². The van der Waals surface area contributed by atoms with Crippen LogP contribution in [-0.2, 0) is 4.79 Å². The molecule has 0 aliphatic heterocycles. The molecule has 0 saturated heterocycles. The molecule has 0 bridgehead atoms. The summed E-state index contributed by atoms with van der Waals surface area (Å²) >= 11 is 0. The van der Waals surface area contributed by atoms with Crippen LogP contribution in [0.2, 0.25) is 0 Å². The number of para-hydroxylation sites is 1. The average molecular weight is 332 g/mol. The summed E-state index contributed by atoms with van der Waals surface area (Å²) in [6.07, 6.45) is 0. The lowest BCUT2D eigenvalue weighted by atomic mass is 9.91. The van der Waals surface area contributed by atoms with E-state index < -0.39 is 17.7 Å². The van der Waals surface area contributed by atoms with Crippen molar-refractivity contribution < 1.29 is 19.4 Å². The minimum absolute atomic E-state index is 0.296. The van der Waals surface area contributed by atoms with Gasteiger partial charge in [-0.1, -0.05) is 60.7 Å². The number of hydrogen-bond acceptors (Lipinski definition) is 3. The first-order valence-electron chi connectivity index (χ1n) is 7.80. The predicted molar refractivity (Wildman–Crippen MR) is 94.1 cm³/mol. The fourth-order valence-corrected chi connectivity index (χ4v) is 2.56.